The lowest BCUT2D eigenvalue weighted by Gasteiger charge is -2.27. The standard InChI is InChI=1S/C18H38N2.C14H29Br/c1-2-3-4-5-6-7-8-9-10-11-12-13-16-20-17-14-19-15-18-20;1-2-3-4-5-6-7-8-9-10-11-12-13-14-15/h19H,2-18H2,1H3;2-14H2,1H3. The Bertz CT molecular complexity index is 345. The molecule has 0 saturated carbocycles. The van der Waals surface area contributed by atoms with Crippen LogP contribution in [-0.2, 0) is 0 Å². The van der Waals surface area contributed by atoms with Gasteiger partial charge in [-0.05, 0) is 19.4 Å². The monoisotopic (exact) mass is 558 g/mol. The van der Waals surface area contributed by atoms with Gasteiger partial charge in [0.05, 0.1) is 0 Å². The lowest BCUT2D eigenvalue weighted by molar-refractivity contribution is 0.236. The van der Waals surface area contributed by atoms with Crippen LogP contribution in [0, 0.1) is 0 Å². The smallest absolute Gasteiger partial charge is 0.0107 e. The van der Waals surface area contributed by atoms with Crippen molar-refractivity contribution >= 4 is 15.9 Å². The predicted molar refractivity (Wildman–Crippen MR) is 165 cm³/mol. The molecule has 1 aliphatic rings. The van der Waals surface area contributed by atoms with Gasteiger partial charge in [0.1, 0.15) is 0 Å². The van der Waals surface area contributed by atoms with Gasteiger partial charge in [-0.25, -0.2) is 0 Å². The highest BCUT2D eigenvalue weighted by molar-refractivity contribution is 9.09. The highest BCUT2D eigenvalue weighted by atomic mass is 79.9. The fraction of sp³-hybridized carbons (Fsp3) is 1.00. The van der Waals surface area contributed by atoms with E-state index in [2.05, 4.69) is 40.0 Å². The molecule has 3 heteroatoms. The Morgan fingerprint density at radius 3 is 1.11 bits per heavy atom. The first-order chi connectivity index (χ1) is 17.3. The lowest BCUT2D eigenvalue weighted by atomic mass is 10.1. The molecule has 212 valence electrons. The zero-order valence-corrected chi connectivity index (χ0v) is 26.1. The molecule has 1 fully saturated rings. The van der Waals surface area contributed by atoms with Gasteiger partial charge in [-0.2, -0.15) is 0 Å². The van der Waals surface area contributed by atoms with Crippen molar-refractivity contribution in [2.75, 3.05) is 38.1 Å². The molecular formula is C32H67BrN2. The molecule has 0 spiro atoms. The van der Waals surface area contributed by atoms with Gasteiger partial charge in [-0.1, -0.05) is 171 Å². The fourth-order valence-electron chi connectivity index (χ4n) is 5.05. The quantitative estimate of drug-likeness (QED) is 0.0884. The van der Waals surface area contributed by atoms with Crippen LogP contribution in [0.1, 0.15) is 168 Å². The molecule has 1 N–H and O–H groups in total. The first-order valence-corrected chi connectivity index (χ1v) is 17.5. The van der Waals surface area contributed by atoms with E-state index in [4.69, 9.17) is 0 Å². The van der Waals surface area contributed by atoms with E-state index in [1.54, 1.807) is 0 Å². The minimum atomic E-state index is 1.18. The molecule has 35 heavy (non-hydrogen) atoms. The van der Waals surface area contributed by atoms with E-state index in [-0.39, 0.29) is 0 Å². The van der Waals surface area contributed by atoms with Crippen molar-refractivity contribution in [1.29, 1.82) is 0 Å². The Morgan fingerprint density at radius 2 is 0.771 bits per heavy atom. The van der Waals surface area contributed by atoms with Crippen LogP contribution in [0.2, 0.25) is 0 Å². The SMILES string of the molecule is CCCCCCCCCCCCCCBr.CCCCCCCCCCCCCCN1CCNCC1. The summed E-state index contributed by atoms with van der Waals surface area (Å²) in [6.45, 7) is 10.8. The van der Waals surface area contributed by atoms with E-state index >= 15 is 0 Å². The summed E-state index contributed by atoms with van der Waals surface area (Å²) in [5.74, 6) is 0. The van der Waals surface area contributed by atoms with Crippen molar-refractivity contribution in [2.45, 2.75) is 168 Å². The number of nitrogens with zero attached hydrogens (tertiary/aromatic N) is 1. The van der Waals surface area contributed by atoms with Crippen LogP contribution in [0.5, 0.6) is 0 Å². The number of hydrogen-bond donors (Lipinski definition) is 1. The van der Waals surface area contributed by atoms with Crippen molar-refractivity contribution in [3.05, 3.63) is 0 Å². The maximum Gasteiger partial charge on any atom is 0.0107 e. The van der Waals surface area contributed by atoms with Gasteiger partial charge in [-0.15, -0.1) is 0 Å². The first-order valence-electron chi connectivity index (χ1n) is 16.3. The van der Waals surface area contributed by atoms with E-state index < -0.39 is 0 Å². The third-order valence-electron chi connectivity index (χ3n) is 7.52. The Balaban J connectivity index is 0.000000691. The molecule has 0 aromatic rings. The van der Waals surface area contributed by atoms with Crippen molar-refractivity contribution in [1.82, 2.24) is 10.2 Å². The molecule has 0 aliphatic carbocycles. The predicted octanol–water partition coefficient (Wildman–Crippen LogP) is 10.7. The van der Waals surface area contributed by atoms with Gasteiger partial charge in [0.2, 0.25) is 0 Å². The summed E-state index contributed by atoms with van der Waals surface area (Å²) < 4.78 is 0. The fourth-order valence-corrected chi connectivity index (χ4v) is 5.44. The molecule has 0 unspecified atom stereocenters. The molecule has 0 atom stereocenters. The summed E-state index contributed by atoms with van der Waals surface area (Å²) in [6, 6.07) is 0. The summed E-state index contributed by atoms with van der Waals surface area (Å²) in [7, 11) is 0. The molecule has 0 amide bonds. The third-order valence-corrected chi connectivity index (χ3v) is 8.09. The molecule has 1 saturated heterocycles. The average molecular weight is 560 g/mol. The zero-order chi connectivity index (χ0) is 25.5. The minimum Gasteiger partial charge on any atom is -0.314 e. The summed E-state index contributed by atoms with van der Waals surface area (Å²) in [4.78, 5) is 2.62. The molecule has 0 radical (unpaired) electrons. The van der Waals surface area contributed by atoms with Gasteiger partial charge >= 0.3 is 0 Å². The maximum atomic E-state index is 3.47. The number of hydrogen-bond acceptors (Lipinski definition) is 2. The van der Waals surface area contributed by atoms with E-state index in [1.165, 1.54) is 192 Å². The van der Waals surface area contributed by atoms with Crippen LogP contribution in [0.25, 0.3) is 0 Å². The molecule has 1 aliphatic heterocycles. The van der Waals surface area contributed by atoms with Crippen molar-refractivity contribution < 1.29 is 0 Å². The molecule has 1 rings (SSSR count). The molecule has 2 nitrogen and oxygen atoms in total. The summed E-state index contributed by atoms with van der Waals surface area (Å²) in [5, 5.41) is 4.60. The van der Waals surface area contributed by atoms with Crippen LogP contribution < -0.4 is 5.32 Å². The van der Waals surface area contributed by atoms with Gasteiger partial charge in [0.15, 0.2) is 0 Å². The minimum absolute atomic E-state index is 1.18. The Morgan fingerprint density at radius 1 is 0.457 bits per heavy atom. The van der Waals surface area contributed by atoms with Crippen LogP contribution in [0.3, 0.4) is 0 Å². The summed E-state index contributed by atoms with van der Waals surface area (Å²) in [6.07, 6.45) is 34.7. The first kappa shape index (κ1) is 35.4. The largest absolute Gasteiger partial charge is 0.314 e. The Labute approximate surface area is 231 Å². The van der Waals surface area contributed by atoms with Crippen LogP contribution in [0.15, 0.2) is 0 Å². The van der Waals surface area contributed by atoms with Crippen molar-refractivity contribution in [3.63, 3.8) is 0 Å². The second-order valence-corrected chi connectivity index (χ2v) is 11.9. The number of halogens is 1. The maximum absolute atomic E-state index is 3.47. The van der Waals surface area contributed by atoms with Gasteiger partial charge < -0.3 is 10.2 Å². The van der Waals surface area contributed by atoms with Gasteiger partial charge in [-0.3, -0.25) is 0 Å². The number of nitrogens with one attached hydrogen (secondary N) is 1. The van der Waals surface area contributed by atoms with Crippen molar-refractivity contribution in [3.8, 4) is 0 Å². The lowest BCUT2D eigenvalue weighted by Crippen LogP contribution is -2.43. The second kappa shape index (κ2) is 32.4. The molecular weight excluding hydrogens is 492 g/mol. The number of piperazine rings is 1. The molecule has 0 aromatic heterocycles. The Hall–Kier alpha value is 0.400. The number of unbranched alkanes of at least 4 members (excludes halogenated alkanes) is 22. The van der Waals surface area contributed by atoms with Crippen molar-refractivity contribution in [2.24, 2.45) is 0 Å². The molecule has 1 heterocycles. The highest BCUT2D eigenvalue weighted by Gasteiger charge is 2.07. The van der Waals surface area contributed by atoms with E-state index in [0.29, 0.717) is 0 Å². The second-order valence-electron chi connectivity index (χ2n) is 11.1. The zero-order valence-electron chi connectivity index (χ0n) is 24.5. The summed E-state index contributed by atoms with van der Waals surface area (Å²) in [5.41, 5.74) is 0. The molecule has 0 bridgehead atoms. The van der Waals surface area contributed by atoms with E-state index in [0.717, 1.165) is 0 Å². The van der Waals surface area contributed by atoms with Gasteiger partial charge in [0, 0.05) is 31.5 Å². The van der Waals surface area contributed by atoms with Crippen LogP contribution >= 0.6 is 15.9 Å². The molecule has 0 aromatic carbocycles. The topological polar surface area (TPSA) is 15.3 Å². The normalized spacial score (nSPS) is 14.1. The summed E-state index contributed by atoms with van der Waals surface area (Å²) >= 11 is 3.47. The van der Waals surface area contributed by atoms with Crippen LogP contribution in [-0.4, -0.2) is 43.0 Å². The van der Waals surface area contributed by atoms with Gasteiger partial charge in [0.25, 0.3) is 0 Å². The average Bonchev–Trinajstić information content (AvgIpc) is 2.89. The highest BCUT2D eigenvalue weighted by Crippen LogP contribution is 2.13. The Kier molecular flexibility index (Phi) is 32.8. The third kappa shape index (κ3) is 30.5. The van der Waals surface area contributed by atoms with E-state index in [1.807, 2.05) is 0 Å². The van der Waals surface area contributed by atoms with E-state index in [9.17, 15) is 0 Å². The van der Waals surface area contributed by atoms with Crippen LogP contribution in [0.4, 0.5) is 0 Å². The number of alkyl halides is 1. The number of rotatable bonds is 25.